The van der Waals surface area contributed by atoms with Crippen molar-refractivity contribution in [3.63, 3.8) is 0 Å². The molecule has 148 valence electrons. The Hall–Kier alpha value is -2.74. The lowest BCUT2D eigenvalue weighted by atomic mass is 10.1. The molecule has 1 N–H and O–H groups in total. The van der Waals surface area contributed by atoms with E-state index in [4.69, 9.17) is 9.15 Å². The van der Waals surface area contributed by atoms with E-state index in [1.54, 1.807) is 13.4 Å². The van der Waals surface area contributed by atoms with E-state index in [0.717, 1.165) is 40.0 Å². The highest BCUT2D eigenvalue weighted by Crippen LogP contribution is 2.26. The Morgan fingerprint density at radius 1 is 1.25 bits per heavy atom. The number of rotatable bonds is 9. The summed E-state index contributed by atoms with van der Waals surface area (Å²) in [6.07, 6.45) is 2.41. The Morgan fingerprint density at radius 2 is 2.04 bits per heavy atom. The van der Waals surface area contributed by atoms with Crippen molar-refractivity contribution < 1.29 is 13.9 Å². The fourth-order valence-corrected chi connectivity index (χ4v) is 3.65. The summed E-state index contributed by atoms with van der Waals surface area (Å²) in [5.41, 5.74) is 2.07. The molecular weight excluding hydrogens is 376 g/mol. The third-order valence-electron chi connectivity index (χ3n) is 4.36. The van der Waals surface area contributed by atoms with Gasteiger partial charge in [0.1, 0.15) is 11.5 Å². The van der Waals surface area contributed by atoms with Crippen molar-refractivity contribution in [2.45, 2.75) is 32.0 Å². The Bertz CT molecular complexity index is 918. The smallest absolute Gasteiger partial charge is 0.230 e. The normalized spacial score (nSPS) is 10.8. The van der Waals surface area contributed by atoms with Gasteiger partial charge < -0.3 is 19.0 Å². The molecule has 2 heterocycles. The molecule has 3 aromatic rings. The summed E-state index contributed by atoms with van der Waals surface area (Å²) in [4.78, 5) is 12.2. The number of ether oxygens (including phenoxy) is 1. The van der Waals surface area contributed by atoms with Crippen LogP contribution in [0.1, 0.15) is 18.2 Å². The zero-order valence-electron chi connectivity index (χ0n) is 16.3. The van der Waals surface area contributed by atoms with Crippen LogP contribution in [0.25, 0.3) is 11.4 Å². The number of amides is 1. The first-order chi connectivity index (χ1) is 13.6. The fraction of sp³-hybridized carbons (Fsp3) is 0.350. The maximum absolute atomic E-state index is 12.2. The molecule has 0 saturated carbocycles. The van der Waals surface area contributed by atoms with Crippen molar-refractivity contribution in [1.29, 1.82) is 0 Å². The van der Waals surface area contributed by atoms with Gasteiger partial charge in [0, 0.05) is 13.1 Å². The van der Waals surface area contributed by atoms with Crippen molar-refractivity contribution in [1.82, 2.24) is 20.1 Å². The van der Waals surface area contributed by atoms with Gasteiger partial charge in [-0.3, -0.25) is 4.79 Å². The average molecular weight is 401 g/mol. The van der Waals surface area contributed by atoms with Crippen LogP contribution < -0.4 is 10.1 Å². The molecule has 0 bridgehead atoms. The number of hydrogen-bond donors (Lipinski definition) is 1. The van der Waals surface area contributed by atoms with E-state index in [2.05, 4.69) is 15.5 Å². The molecule has 1 amide bonds. The molecule has 1 aromatic carbocycles. The molecule has 0 unspecified atom stereocenters. The summed E-state index contributed by atoms with van der Waals surface area (Å²) in [5, 5.41) is 12.2. The molecule has 0 aliphatic rings. The fourth-order valence-electron chi connectivity index (χ4n) is 2.82. The molecule has 0 fully saturated rings. The summed E-state index contributed by atoms with van der Waals surface area (Å²) in [6.45, 7) is 5.23. The third-order valence-corrected chi connectivity index (χ3v) is 5.33. The summed E-state index contributed by atoms with van der Waals surface area (Å²) in [7, 11) is 1.64. The van der Waals surface area contributed by atoms with E-state index in [1.165, 1.54) is 11.8 Å². The Balaban J connectivity index is 1.50. The highest BCUT2D eigenvalue weighted by Gasteiger charge is 2.17. The van der Waals surface area contributed by atoms with Gasteiger partial charge in [0.25, 0.3) is 0 Å². The summed E-state index contributed by atoms with van der Waals surface area (Å²) in [5.74, 6) is 2.66. The van der Waals surface area contributed by atoms with E-state index in [9.17, 15) is 4.79 Å². The topological polar surface area (TPSA) is 82.2 Å². The summed E-state index contributed by atoms with van der Waals surface area (Å²) < 4.78 is 12.5. The standard InChI is InChI=1S/C20H24N4O3S/c1-4-24-19(17-10-12-27-14(17)2)22-23-20(24)28-13-18(25)21-11-9-15-5-7-16(26-3)8-6-15/h5-8,10,12H,4,9,11,13H2,1-3H3,(H,21,25). The molecule has 0 saturated heterocycles. The van der Waals surface area contributed by atoms with Crippen molar-refractivity contribution >= 4 is 17.7 Å². The molecule has 0 radical (unpaired) electrons. The monoisotopic (exact) mass is 400 g/mol. The van der Waals surface area contributed by atoms with Crippen LogP contribution in [0.2, 0.25) is 0 Å². The Kier molecular flexibility index (Phi) is 6.76. The molecule has 2 aromatic heterocycles. The minimum Gasteiger partial charge on any atom is -0.497 e. The van der Waals surface area contributed by atoms with Gasteiger partial charge >= 0.3 is 0 Å². The number of nitrogens with one attached hydrogen (secondary N) is 1. The SMILES string of the molecule is CCn1c(SCC(=O)NCCc2ccc(OC)cc2)nnc1-c1ccoc1C. The van der Waals surface area contributed by atoms with Gasteiger partial charge in [-0.25, -0.2) is 0 Å². The number of carbonyl (C=O) groups excluding carboxylic acids is 1. The number of aryl methyl sites for hydroxylation is 1. The maximum Gasteiger partial charge on any atom is 0.230 e. The Labute approximate surface area is 168 Å². The number of aromatic nitrogens is 3. The molecular formula is C20H24N4O3S. The minimum atomic E-state index is -0.0230. The molecule has 8 heteroatoms. The molecule has 0 atom stereocenters. The van der Waals surface area contributed by atoms with Crippen LogP contribution in [0.5, 0.6) is 5.75 Å². The molecule has 0 aliphatic heterocycles. The second kappa shape index (κ2) is 9.45. The first-order valence-corrected chi connectivity index (χ1v) is 10.1. The lowest BCUT2D eigenvalue weighted by molar-refractivity contribution is -0.118. The van der Waals surface area contributed by atoms with E-state index >= 15 is 0 Å². The Morgan fingerprint density at radius 3 is 2.68 bits per heavy atom. The van der Waals surface area contributed by atoms with Crippen molar-refractivity contribution in [2.75, 3.05) is 19.4 Å². The number of carbonyl (C=O) groups is 1. The van der Waals surface area contributed by atoms with E-state index in [1.807, 2.05) is 48.7 Å². The van der Waals surface area contributed by atoms with Crippen molar-refractivity contribution in [2.24, 2.45) is 0 Å². The lowest BCUT2D eigenvalue weighted by Crippen LogP contribution is -2.27. The van der Waals surface area contributed by atoms with Gasteiger partial charge in [-0.05, 0) is 44.0 Å². The molecule has 7 nitrogen and oxygen atoms in total. The number of furan rings is 1. The van der Waals surface area contributed by atoms with Gasteiger partial charge in [-0.2, -0.15) is 0 Å². The second-order valence-corrected chi connectivity index (χ2v) is 7.12. The highest BCUT2D eigenvalue weighted by molar-refractivity contribution is 7.99. The molecule has 0 aliphatic carbocycles. The predicted molar refractivity (Wildman–Crippen MR) is 109 cm³/mol. The van der Waals surface area contributed by atoms with E-state index in [0.29, 0.717) is 18.8 Å². The zero-order chi connectivity index (χ0) is 19.9. The van der Waals surface area contributed by atoms with Crippen LogP contribution in [-0.4, -0.2) is 40.1 Å². The van der Waals surface area contributed by atoms with Crippen LogP contribution in [0.4, 0.5) is 0 Å². The highest BCUT2D eigenvalue weighted by atomic mass is 32.2. The number of nitrogens with zero attached hydrogens (tertiary/aromatic N) is 3. The number of hydrogen-bond acceptors (Lipinski definition) is 6. The van der Waals surface area contributed by atoms with Gasteiger partial charge in [0.15, 0.2) is 11.0 Å². The van der Waals surface area contributed by atoms with Crippen LogP contribution in [-0.2, 0) is 17.8 Å². The van der Waals surface area contributed by atoms with Crippen molar-refractivity contribution in [3.8, 4) is 17.1 Å². The molecule has 28 heavy (non-hydrogen) atoms. The van der Waals surface area contributed by atoms with Crippen LogP contribution in [0, 0.1) is 6.92 Å². The van der Waals surface area contributed by atoms with Crippen LogP contribution in [0.15, 0.2) is 46.2 Å². The maximum atomic E-state index is 12.2. The predicted octanol–water partition coefficient (Wildman–Crippen LogP) is 3.33. The number of thioether (sulfide) groups is 1. The van der Waals surface area contributed by atoms with Gasteiger partial charge in [0.2, 0.25) is 5.91 Å². The summed E-state index contributed by atoms with van der Waals surface area (Å²) in [6, 6.07) is 9.73. The van der Waals surface area contributed by atoms with Crippen LogP contribution in [0.3, 0.4) is 0 Å². The molecule has 3 rings (SSSR count). The third kappa shape index (κ3) is 4.75. The quantitative estimate of drug-likeness (QED) is 0.555. The van der Waals surface area contributed by atoms with Crippen LogP contribution >= 0.6 is 11.8 Å². The number of benzene rings is 1. The van der Waals surface area contributed by atoms with E-state index < -0.39 is 0 Å². The van der Waals surface area contributed by atoms with Gasteiger partial charge in [0.05, 0.1) is 24.7 Å². The molecule has 0 spiro atoms. The second-order valence-electron chi connectivity index (χ2n) is 6.18. The largest absolute Gasteiger partial charge is 0.497 e. The van der Waals surface area contributed by atoms with Gasteiger partial charge in [-0.1, -0.05) is 23.9 Å². The first kappa shape index (κ1) is 20.0. The zero-order valence-corrected chi connectivity index (χ0v) is 17.1. The minimum absolute atomic E-state index is 0.0230. The van der Waals surface area contributed by atoms with Gasteiger partial charge in [-0.15, -0.1) is 10.2 Å². The number of methoxy groups -OCH3 is 1. The average Bonchev–Trinajstić information content (AvgIpc) is 3.32. The lowest BCUT2D eigenvalue weighted by Gasteiger charge is -2.08. The summed E-state index contributed by atoms with van der Waals surface area (Å²) >= 11 is 1.39. The van der Waals surface area contributed by atoms with E-state index in [-0.39, 0.29) is 5.91 Å². The first-order valence-electron chi connectivity index (χ1n) is 9.12. The van der Waals surface area contributed by atoms with Crippen molar-refractivity contribution in [3.05, 3.63) is 47.9 Å².